The van der Waals surface area contributed by atoms with E-state index in [9.17, 15) is 10.1 Å². The number of nitrogens with one attached hydrogen (secondary N) is 2. The molecule has 2 aliphatic heterocycles. The highest BCUT2D eigenvalue weighted by Gasteiger charge is 2.25. The standard InChI is InChI=1S/C18H26N4O2/c1-13-14(2)22(11-15-6-5-9-24-15)18(16(13)10-19)20-17(23)12-21-7-3-4-8-21/h15H,3-9,11-12H2,1-2H3,(H,20,23)/p+1/t15-/m1/s1. The van der Waals surface area contributed by atoms with Crippen LogP contribution in [0.2, 0.25) is 0 Å². The number of likely N-dealkylation sites (tertiary alicyclic amines) is 1. The van der Waals surface area contributed by atoms with Crippen LogP contribution in [0, 0.1) is 25.2 Å². The number of carbonyl (C=O) groups excluding carboxylic acids is 1. The highest BCUT2D eigenvalue weighted by molar-refractivity contribution is 5.92. The van der Waals surface area contributed by atoms with Gasteiger partial charge in [-0.25, -0.2) is 0 Å². The number of nitrogens with zero attached hydrogens (tertiary/aromatic N) is 2. The molecule has 0 saturated carbocycles. The van der Waals surface area contributed by atoms with Crippen molar-refractivity contribution in [2.75, 3.05) is 31.6 Å². The number of rotatable bonds is 5. The van der Waals surface area contributed by atoms with Gasteiger partial charge in [0.15, 0.2) is 6.54 Å². The van der Waals surface area contributed by atoms with Crippen LogP contribution >= 0.6 is 0 Å². The zero-order valence-corrected chi connectivity index (χ0v) is 14.7. The lowest BCUT2D eigenvalue weighted by Gasteiger charge is -2.17. The second-order valence-electron chi connectivity index (χ2n) is 6.97. The average molecular weight is 331 g/mol. The van der Waals surface area contributed by atoms with Crippen molar-refractivity contribution >= 4 is 11.7 Å². The van der Waals surface area contributed by atoms with Crippen LogP contribution in [-0.4, -0.2) is 42.8 Å². The van der Waals surface area contributed by atoms with Crippen LogP contribution in [0.5, 0.6) is 0 Å². The first-order valence-corrected chi connectivity index (χ1v) is 8.95. The third-order valence-corrected chi connectivity index (χ3v) is 5.33. The van der Waals surface area contributed by atoms with Crippen molar-refractivity contribution in [3.05, 3.63) is 16.8 Å². The minimum atomic E-state index is -0.00510. The first-order valence-electron chi connectivity index (χ1n) is 8.95. The van der Waals surface area contributed by atoms with Crippen LogP contribution in [-0.2, 0) is 16.1 Å². The van der Waals surface area contributed by atoms with Crippen molar-refractivity contribution in [1.82, 2.24) is 4.57 Å². The van der Waals surface area contributed by atoms with Gasteiger partial charge in [0.2, 0.25) is 0 Å². The molecule has 0 spiro atoms. The average Bonchev–Trinajstić information content (AvgIpc) is 3.28. The quantitative estimate of drug-likeness (QED) is 0.837. The summed E-state index contributed by atoms with van der Waals surface area (Å²) in [5, 5.41) is 12.6. The Morgan fingerprint density at radius 3 is 2.75 bits per heavy atom. The number of hydrogen-bond donors (Lipinski definition) is 2. The van der Waals surface area contributed by atoms with Crippen molar-refractivity contribution in [3.63, 3.8) is 0 Å². The van der Waals surface area contributed by atoms with Gasteiger partial charge in [0.05, 0.1) is 31.3 Å². The Balaban J connectivity index is 1.79. The molecule has 0 unspecified atom stereocenters. The number of aromatic nitrogens is 1. The molecule has 1 atom stereocenters. The van der Waals surface area contributed by atoms with Gasteiger partial charge < -0.3 is 19.5 Å². The van der Waals surface area contributed by atoms with Crippen LogP contribution < -0.4 is 10.2 Å². The van der Waals surface area contributed by atoms with Gasteiger partial charge in [0, 0.05) is 25.1 Å². The molecule has 3 heterocycles. The Labute approximate surface area is 143 Å². The highest BCUT2D eigenvalue weighted by Crippen LogP contribution is 2.28. The number of quaternary nitrogens is 1. The van der Waals surface area contributed by atoms with Crippen LogP contribution in [0.3, 0.4) is 0 Å². The van der Waals surface area contributed by atoms with Crippen molar-refractivity contribution in [1.29, 1.82) is 5.26 Å². The van der Waals surface area contributed by atoms with E-state index >= 15 is 0 Å². The molecule has 2 fully saturated rings. The Morgan fingerprint density at radius 1 is 1.38 bits per heavy atom. The first kappa shape index (κ1) is 17.0. The van der Waals surface area contributed by atoms with E-state index in [-0.39, 0.29) is 12.0 Å². The highest BCUT2D eigenvalue weighted by atomic mass is 16.5. The Morgan fingerprint density at radius 2 is 2.12 bits per heavy atom. The second kappa shape index (κ2) is 7.37. The molecule has 2 saturated heterocycles. The summed E-state index contributed by atoms with van der Waals surface area (Å²) in [6.07, 6.45) is 4.67. The predicted molar refractivity (Wildman–Crippen MR) is 91.0 cm³/mol. The minimum absolute atomic E-state index is 0.00510. The minimum Gasteiger partial charge on any atom is -0.376 e. The van der Waals surface area contributed by atoms with Crippen molar-refractivity contribution in [3.8, 4) is 6.07 Å². The van der Waals surface area contributed by atoms with Crippen LogP contribution in [0.15, 0.2) is 0 Å². The van der Waals surface area contributed by atoms with E-state index in [1.165, 1.54) is 17.7 Å². The van der Waals surface area contributed by atoms with Gasteiger partial charge in [0.1, 0.15) is 11.9 Å². The van der Waals surface area contributed by atoms with Gasteiger partial charge in [-0.2, -0.15) is 5.26 Å². The largest absolute Gasteiger partial charge is 0.376 e. The molecule has 2 N–H and O–H groups in total. The molecule has 0 aliphatic carbocycles. The van der Waals surface area contributed by atoms with Crippen molar-refractivity contribution in [2.45, 2.75) is 52.2 Å². The fourth-order valence-electron chi connectivity index (χ4n) is 3.81. The third kappa shape index (κ3) is 3.47. The maximum Gasteiger partial charge on any atom is 0.280 e. The summed E-state index contributed by atoms with van der Waals surface area (Å²) < 4.78 is 7.80. The molecule has 6 heteroatoms. The predicted octanol–water partition coefficient (Wildman–Crippen LogP) is 0.773. The number of ether oxygens (including phenoxy) is 1. The number of hydrogen-bond acceptors (Lipinski definition) is 3. The summed E-state index contributed by atoms with van der Waals surface area (Å²) in [5.74, 6) is 0.640. The molecule has 1 aromatic heterocycles. The van der Waals surface area contributed by atoms with Gasteiger partial charge in [-0.05, 0) is 32.3 Å². The number of carbonyl (C=O) groups is 1. The molecule has 1 aromatic rings. The Hall–Kier alpha value is -1.84. The molecule has 2 aliphatic rings. The molecule has 6 nitrogen and oxygen atoms in total. The smallest absolute Gasteiger partial charge is 0.280 e. The van der Waals surface area contributed by atoms with Crippen molar-refractivity contribution < 1.29 is 14.4 Å². The zero-order valence-electron chi connectivity index (χ0n) is 14.7. The topological polar surface area (TPSA) is 71.5 Å². The monoisotopic (exact) mass is 331 g/mol. The van der Waals surface area contributed by atoms with E-state index in [4.69, 9.17) is 4.74 Å². The zero-order chi connectivity index (χ0) is 17.1. The maximum atomic E-state index is 12.5. The summed E-state index contributed by atoms with van der Waals surface area (Å²) in [6.45, 7) is 8.05. The van der Waals surface area contributed by atoms with Gasteiger partial charge >= 0.3 is 0 Å². The Bertz CT molecular complexity index is 647. The van der Waals surface area contributed by atoms with Gasteiger partial charge in [-0.3, -0.25) is 4.79 Å². The normalized spacial score (nSPS) is 21.1. The van der Waals surface area contributed by atoms with Gasteiger partial charge in [-0.15, -0.1) is 0 Å². The number of anilines is 1. The summed E-state index contributed by atoms with van der Waals surface area (Å²) in [4.78, 5) is 13.8. The summed E-state index contributed by atoms with van der Waals surface area (Å²) in [5.41, 5.74) is 2.56. The molecule has 0 aromatic carbocycles. The Kier molecular flexibility index (Phi) is 5.22. The number of amides is 1. The second-order valence-corrected chi connectivity index (χ2v) is 6.97. The SMILES string of the molecule is Cc1c(C#N)c(NC(=O)C[NH+]2CCCC2)n(C[C@H]2CCCO2)c1C. The molecule has 24 heavy (non-hydrogen) atoms. The molecule has 3 rings (SSSR count). The van der Waals surface area contributed by atoms with E-state index in [2.05, 4.69) is 16.0 Å². The van der Waals surface area contributed by atoms with Crippen LogP contribution in [0.1, 0.15) is 42.5 Å². The summed E-state index contributed by atoms with van der Waals surface area (Å²) in [6, 6.07) is 2.27. The lowest BCUT2D eigenvalue weighted by Crippen LogP contribution is -3.11. The number of nitriles is 1. The fourth-order valence-corrected chi connectivity index (χ4v) is 3.81. The summed E-state index contributed by atoms with van der Waals surface area (Å²) >= 11 is 0. The molecular formula is C18H27N4O2+. The molecule has 0 bridgehead atoms. The van der Waals surface area contributed by atoms with Crippen molar-refractivity contribution in [2.24, 2.45) is 0 Å². The van der Waals surface area contributed by atoms with Crippen LogP contribution in [0.25, 0.3) is 0 Å². The van der Waals surface area contributed by atoms with Gasteiger partial charge in [0.25, 0.3) is 5.91 Å². The molecule has 1 amide bonds. The van der Waals surface area contributed by atoms with E-state index in [1.807, 2.05) is 13.8 Å². The maximum absolute atomic E-state index is 12.5. The summed E-state index contributed by atoms with van der Waals surface area (Å²) in [7, 11) is 0. The first-order chi connectivity index (χ1) is 11.6. The lowest BCUT2D eigenvalue weighted by atomic mass is 10.2. The van der Waals surface area contributed by atoms with E-state index in [1.54, 1.807) is 0 Å². The fraction of sp³-hybridized carbons (Fsp3) is 0.667. The molecule has 0 radical (unpaired) electrons. The van der Waals surface area contributed by atoms with Gasteiger partial charge in [-0.1, -0.05) is 0 Å². The van der Waals surface area contributed by atoms with E-state index in [0.29, 0.717) is 24.5 Å². The third-order valence-electron chi connectivity index (χ3n) is 5.33. The molecular weight excluding hydrogens is 304 g/mol. The van der Waals surface area contributed by atoms with E-state index in [0.717, 1.165) is 43.8 Å². The van der Waals surface area contributed by atoms with Crippen LogP contribution in [0.4, 0.5) is 5.82 Å². The van der Waals surface area contributed by atoms with E-state index < -0.39 is 0 Å². The molecule has 130 valence electrons. The lowest BCUT2D eigenvalue weighted by molar-refractivity contribution is -0.878.